The molecule has 0 spiro atoms. The van der Waals surface area contributed by atoms with Gasteiger partial charge in [0.1, 0.15) is 11.5 Å². The van der Waals surface area contributed by atoms with E-state index in [9.17, 15) is 0 Å². The topological polar surface area (TPSA) is 81.2 Å². The van der Waals surface area contributed by atoms with Gasteiger partial charge in [-0.1, -0.05) is 23.2 Å². The highest BCUT2D eigenvalue weighted by atomic mass is 35.5. The van der Waals surface area contributed by atoms with Gasteiger partial charge < -0.3 is 20.1 Å². The van der Waals surface area contributed by atoms with Crippen molar-refractivity contribution in [3.63, 3.8) is 0 Å². The first-order chi connectivity index (χ1) is 12.6. The van der Waals surface area contributed by atoms with Crippen LogP contribution in [0, 0.1) is 0 Å². The molecule has 1 aromatic heterocycles. The van der Waals surface area contributed by atoms with E-state index in [1.165, 1.54) is 6.20 Å². The van der Waals surface area contributed by atoms with E-state index in [0.29, 0.717) is 38.7 Å². The third-order valence-electron chi connectivity index (χ3n) is 3.39. The summed E-state index contributed by atoms with van der Waals surface area (Å²) < 4.78 is 10.6. The Bertz CT molecular complexity index is 853. The number of halogens is 2. The number of ether oxygens (including phenoxy) is 2. The smallest absolute Gasteiger partial charge is 0.249 e. The van der Waals surface area contributed by atoms with Crippen LogP contribution in [-0.4, -0.2) is 29.4 Å². The van der Waals surface area contributed by atoms with Gasteiger partial charge in [0, 0.05) is 10.0 Å². The zero-order valence-electron chi connectivity index (χ0n) is 14.0. The maximum absolute atomic E-state index is 6.04. The van der Waals surface area contributed by atoms with Crippen molar-refractivity contribution in [2.75, 3.05) is 24.9 Å². The largest absolute Gasteiger partial charge is 0.495 e. The minimum atomic E-state index is 0.275. The van der Waals surface area contributed by atoms with Crippen molar-refractivity contribution in [3.05, 3.63) is 52.6 Å². The van der Waals surface area contributed by atoms with Crippen LogP contribution < -0.4 is 20.1 Å². The number of hydrogen-bond acceptors (Lipinski definition) is 7. The molecule has 0 unspecified atom stereocenters. The quantitative estimate of drug-likeness (QED) is 0.630. The molecule has 9 heteroatoms. The summed E-state index contributed by atoms with van der Waals surface area (Å²) in [5.74, 6) is 1.97. The Balaban J connectivity index is 1.85. The standard InChI is InChI=1S/C17H15Cl2N5O2/c1-25-14-5-3-10(18)7-12(14)21-16-9-20-24-17(23-16)22-13-8-11(19)4-6-15(13)26-2/h3-9H,1-2H3,(H2,21,22,23,24). The Morgan fingerprint density at radius 2 is 1.42 bits per heavy atom. The normalized spacial score (nSPS) is 10.3. The van der Waals surface area contributed by atoms with E-state index < -0.39 is 0 Å². The molecule has 0 aliphatic heterocycles. The van der Waals surface area contributed by atoms with Crippen LogP contribution in [0.1, 0.15) is 0 Å². The Morgan fingerprint density at radius 1 is 0.846 bits per heavy atom. The lowest BCUT2D eigenvalue weighted by molar-refractivity contribution is 0.417. The summed E-state index contributed by atoms with van der Waals surface area (Å²) in [5.41, 5.74) is 1.28. The molecular formula is C17H15Cl2N5O2. The number of nitrogens with zero attached hydrogens (tertiary/aromatic N) is 3. The molecule has 0 saturated heterocycles. The van der Waals surface area contributed by atoms with Crippen molar-refractivity contribution in [2.24, 2.45) is 0 Å². The second kappa shape index (κ2) is 8.07. The van der Waals surface area contributed by atoms with Gasteiger partial charge in [-0.05, 0) is 36.4 Å². The van der Waals surface area contributed by atoms with Crippen LogP contribution in [0.4, 0.5) is 23.1 Å². The van der Waals surface area contributed by atoms with Gasteiger partial charge in [-0.15, -0.1) is 5.10 Å². The van der Waals surface area contributed by atoms with Crippen LogP contribution >= 0.6 is 23.2 Å². The zero-order chi connectivity index (χ0) is 18.5. The van der Waals surface area contributed by atoms with Crippen molar-refractivity contribution >= 4 is 46.3 Å². The van der Waals surface area contributed by atoms with Crippen molar-refractivity contribution in [2.45, 2.75) is 0 Å². The Labute approximate surface area is 160 Å². The second-order valence-electron chi connectivity index (χ2n) is 5.10. The molecular weight excluding hydrogens is 377 g/mol. The molecule has 2 aromatic carbocycles. The number of benzene rings is 2. The van der Waals surface area contributed by atoms with E-state index in [1.54, 1.807) is 50.6 Å². The number of rotatable bonds is 6. The van der Waals surface area contributed by atoms with E-state index in [1.807, 2.05) is 0 Å². The maximum atomic E-state index is 6.04. The molecule has 0 aliphatic rings. The molecule has 0 saturated carbocycles. The lowest BCUT2D eigenvalue weighted by atomic mass is 10.3. The van der Waals surface area contributed by atoms with Gasteiger partial charge in [0.2, 0.25) is 5.95 Å². The second-order valence-corrected chi connectivity index (χ2v) is 5.98. The molecule has 26 heavy (non-hydrogen) atoms. The van der Waals surface area contributed by atoms with Gasteiger partial charge in [-0.3, -0.25) is 0 Å². The fraction of sp³-hybridized carbons (Fsp3) is 0.118. The molecule has 1 heterocycles. The molecule has 0 bridgehead atoms. The van der Waals surface area contributed by atoms with Crippen LogP contribution in [0.2, 0.25) is 10.0 Å². The fourth-order valence-corrected chi connectivity index (χ4v) is 2.58. The van der Waals surface area contributed by atoms with Gasteiger partial charge in [0.25, 0.3) is 0 Å². The maximum Gasteiger partial charge on any atom is 0.249 e. The average Bonchev–Trinajstić information content (AvgIpc) is 2.62. The molecule has 134 valence electrons. The molecule has 0 amide bonds. The summed E-state index contributed by atoms with van der Waals surface area (Å²) in [6.45, 7) is 0. The predicted molar refractivity (Wildman–Crippen MR) is 102 cm³/mol. The molecule has 0 atom stereocenters. The number of nitrogens with one attached hydrogen (secondary N) is 2. The Morgan fingerprint density at radius 3 is 2.00 bits per heavy atom. The van der Waals surface area contributed by atoms with Crippen molar-refractivity contribution in [1.29, 1.82) is 0 Å². The summed E-state index contributed by atoms with van der Waals surface area (Å²) in [6, 6.07) is 10.4. The number of methoxy groups -OCH3 is 2. The molecule has 3 aromatic rings. The molecule has 0 radical (unpaired) electrons. The van der Waals surface area contributed by atoms with Crippen LogP contribution in [0.3, 0.4) is 0 Å². The summed E-state index contributed by atoms with van der Waals surface area (Å²) in [4.78, 5) is 4.38. The summed E-state index contributed by atoms with van der Waals surface area (Å²) in [5, 5.41) is 15.2. The lowest BCUT2D eigenvalue weighted by Crippen LogP contribution is -2.04. The van der Waals surface area contributed by atoms with E-state index in [2.05, 4.69) is 25.8 Å². The first-order valence-electron chi connectivity index (χ1n) is 7.50. The third-order valence-corrected chi connectivity index (χ3v) is 3.86. The van der Waals surface area contributed by atoms with E-state index >= 15 is 0 Å². The molecule has 2 N–H and O–H groups in total. The number of hydrogen-bond donors (Lipinski definition) is 2. The van der Waals surface area contributed by atoms with Gasteiger partial charge in [0.15, 0.2) is 5.82 Å². The monoisotopic (exact) mass is 391 g/mol. The fourth-order valence-electron chi connectivity index (χ4n) is 2.23. The van der Waals surface area contributed by atoms with Crippen molar-refractivity contribution in [3.8, 4) is 11.5 Å². The predicted octanol–water partition coefficient (Wildman–Crippen LogP) is 4.68. The molecule has 7 nitrogen and oxygen atoms in total. The van der Waals surface area contributed by atoms with Gasteiger partial charge >= 0.3 is 0 Å². The van der Waals surface area contributed by atoms with E-state index in [4.69, 9.17) is 32.7 Å². The number of aromatic nitrogens is 3. The van der Waals surface area contributed by atoms with E-state index in [0.717, 1.165) is 0 Å². The highest BCUT2D eigenvalue weighted by molar-refractivity contribution is 6.31. The average molecular weight is 392 g/mol. The number of anilines is 4. The van der Waals surface area contributed by atoms with Gasteiger partial charge in [-0.25, -0.2) is 0 Å². The minimum Gasteiger partial charge on any atom is -0.495 e. The van der Waals surface area contributed by atoms with E-state index in [-0.39, 0.29) is 5.95 Å². The van der Waals surface area contributed by atoms with Gasteiger partial charge in [0.05, 0.1) is 31.8 Å². The minimum absolute atomic E-state index is 0.275. The summed E-state index contributed by atoms with van der Waals surface area (Å²) >= 11 is 12.1. The Hall–Kier alpha value is -2.77. The van der Waals surface area contributed by atoms with Gasteiger partial charge in [-0.2, -0.15) is 10.1 Å². The van der Waals surface area contributed by atoms with Crippen LogP contribution in [0.25, 0.3) is 0 Å². The lowest BCUT2D eigenvalue weighted by Gasteiger charge is -2.12. The van der Waals surface area contributed by atoms with Crippen LogP contribution in [-0.2, 0) is 0 Å². The molecule has 0 fully saturated rings. The third kappa shape index (κ3) is 4.25. The molecule has 0 aliphatic carbocycles. The summed E-state index contributed by atoms with van der Waals surface area (Å²) in [6.07, 6.45) is 1.49. The first kappa shape index (κ1) is 18.0. The first-order valence-corrected chi connectivity index (χ1v) is 8.25. The molecule has 3 rings (SSSR count). The zero-order valence-corrected chi connectivity index (χ0v) is 15.5. The Kier molecular flexibility index (Phi) is 5.60. The SMILES string of the molecule is COc1ccc(Cl)cc1Nc1cnnc(Nc2cc(Cl)ccc2OC)n1. The van der Waals surface area contributed by atoms with Crippen LogP contribution in [0.5, 0.6) is 11.5 Å². The highest BCUT2D eigenvalue weighted by Gasteiger charge is 2.09. The highest BCUT2D eigenvalue weighted by Crippen LogP contribution is 2.31. The summed E-state index contributed by atoms with van der Waals surface area (Å²) in [7, 11) is 3.14. The van der Waals surface area contributed by atoms with Crippen LogP contribution in [0.15, 0.2) is 42.6 Å². The van der Waals surface area contributed by atoms with Crippen molar-refractivity contribution < 1.29 is 9.47 Å². The van der Waals surface area contributed by atoms with Crippen molar-refractivity contribution in [1.82, 2.24) is 15.2 Å².